The van der Waals surface area contributed by atoms with Crippen LogP contribution in [-0.4, -0.2) is 15.9 Å². The lowest BCUT2D eigenvalue weighted by atomic mass is 10.2. The summed E-state index contributed by atoms with van der Waals surface area (Å²) in [6.07, 6.45) is 3.40. The highest BCUT2D eigenvalue weighted by atomic mass is 16.1. The fourth-order valence-electron chi connectivity index (χ4n) is 1.66. The van der Waals surface area contributed by atoms with Crippen molar-refractivity contribution in [2.45, 2.75) is 13.5 Å². The van der Waals surface area contributed by atoms with Crippen LogP contribution in [-0.2, 0) is 6.54 Å². The van der Waals surface area contributed by atoms with E-state index in [-0.39, 0.29) is 5.91 Å². The molecule has 0 aromatic carbocycles. The minimum absolute atomic E-state index is 0.175. The van der Waals surface area contributed by atoms with E-state index in [1.54, 1.807) is 31.5 Å². The molecule has 0 spiro atoms. The first kappa shape index (κ1) is 13.0. The Hall–Kier alpha value is -2.47. The average molecular weight is 257 g/mol. The minimum atomic E-state index is -0.175. The normalized spacial score (nSPS) is 10.0. The number of carbonyl (C=O) groups is 1. The molecule has 0 unspecified atom stereocenters. The number of nitrogens with zero attached hydrogens (tertiary/aromatic N) is 2. The number of rotatable bonds is 4. The standard InChI is InChI=1S/C13H15N5O/c1-9-5-11(6-12(17-9)18-14)13(19)16-8-10-3-2-4-15-7-10/h2-7H,8,14H2,1H3,(H,16,19)(H,17,18). The summed E-state index contributed by atoms with van der Waals surface area (Å²) in [6, 6.07) is 7.04. The Bertz CT molecular complexity index is 571. The number of amides is 1. The van der Waals surface area contributed by atoms with Gasteiger partial charge in [-0.2, -0.15) is 0 Å². The van der Waals surface area contributed by atoms with E-state index in [1.165, 1.54) is 0 Å². The predicted molar refractivity (Wildman–Crippen MR) is 72.2 cm³/mol. The van der Waals surface area contributed by atoms with Gasteiger partial charge in [0.25, 0.3) is 5.91 Å². The van der Waals surface area contributed by atoms with E-state index in [9.17, 15) is 4.79 Å². The van der Waals surface area contributed by atoms with Gasteiger partial charge in [0.1, 0.15) is 5.82 Å². The van der Waals surface area contributed by atoms with E-state index < -0.39 is 0 Å². The van der Waals surface area contributed by atoms with Gasteiger partial charge in [0.2, 0.25) is 0 Å². The Morgan fingerprint density at radius 3 is 2.95 bits per heavy atom. The van der Waals surface area contributed by atoms with Crippen molar-refractivity contribution in [2.75, 3.05) is 5.43 Å². The lowest BCUT2D eigenvalue weighted by Crippen LogP contribution is -2.23. The maximum atomic E-state index is 12.0. The summed E-state index contributed by atoms with van der Waals surface area (Å²) in [7, 11) is 0. The average Bonchev–Trinajstić information content (AvgIpc) is 2.45. The number of nitrogens with one attached hydrogen (secondary N) is 2. The third-order valence-electron chi connectivity index (χ3n) is 2.54. The van der Waals surface area contributed by atoms with Crippen molar-refractivity contribution in [1.82, 2.24) is 15.3 Å². The number of anilines is 1. The van der Waals surface area contributed by atoms with Crippen molar-refractivity contribution in [3.8, 4) is 0 Å². The SMILES string of the molecule is Cc1cc(C(=O)NCc2cccnc2)cc(NN)n1. The van der Waals surface area contributed by atoms with Gasteiger partial charge >= 0.3 is 0 Å². The Morgan fingerprint density at radius 2 is 2.26 bits per heavy atom. The monoisotopic (exact) mass is 257 g/mol. The topological polar surface area (TPSA) is 92.9 Å². The van der Waals surface area contributed by atoms with E-state index >= 15 is 0 Å². The minimum Gasteiger partial charge on any atom is -0.348 e. The molecule has 0 atom stereocenters. The van der Waals surface area contributed by atoms with E-state index in [1.807, 2.05) is 12.1 Å². The number of nitrogen functional groups attached to an aromatic ring is 1. The Balaban J connectivity index is 2.06. The smallest absolute Gasteiger partial charge is 0.251 e. The van der Waals surface area contributed by atoms with Crippen LogP contribution in [0.25, 0.3) is 0 Å². The van der Waals surface area contributed by atoms with Crippen molar-refractivity contribution >= 4 is 11.7 Å². The van der Waals surface area contributed by atoms with Crippen molar-refractivity contribution < 1.29 is 4.79 Å². The van der Waals surface area contributed by atoms with Gasteiger partial charge in [-0.25, -0.2) is 10.8 Å². The van der Waals surface area contributed by atoms with E-state index in [4.69, 9.17) is 5.84 Å². The van der Waals surface area contributed by atoms with Crippen molar-refractivity contribution in [1.29, 1.82) is 0 Å². The number of pyridine rings is 2. The first-order chi connectivity index (χ1) is 9.19. The largest absolute Gasteiger partial charge is 0.348 e. The number of nitrogens with two attached hydrogens (primary N) is 1. The molecule has 0 aliphatic heterocycles. The number of hydrazine groups is 1. The first-order valence-corrected chi connectivity index (χ1v) is 5.81. The van der Waals surface area contributed by atoms with Crippen LogP contribution in [0.1, 0.15) is 21.6 Å². The summed E-state index contributed by atoms with van der Waals surface area (Å²) in [5.41, 5.74) is 4.62. The summed E-state index contributed by atoms with van der Waals surface area (Å²) in [4.78, 5) is 20.1. The highest BCUT2D eigenvalue weighted by molar-refractivity contribution is 5.94. The van der Waals surface area contributed by atoms with Crippen LogP contribution in [0, 0.1) is 6.92 Å². The van der Waals surface area contributed by atoms with E-state index in [0.29, 0.717) is 17.9 Å². The van der Waals surface area contributed by atoms with Crippen LogP contribution in [0.2, 0.25) is 0 Å². The second-order valence-corrected chi connectivity index (χ2v) is 4.07. The molecule has 2 aromatic heterocycles. The molecule has 0 aliphatic rings. The van der Waals surface area contributed by atoms with Crippen LogP contribution in [0.15, 0.2) is 36.7 Å². The molecule has 2 rings (SSSR count). The molecule has 0 saturated carbocycles. The summed E-state index contributed by atoms with van der Waals surface area (Å²) in [5.74, 6) is 5.59. The van der Waals surface area contributed by atoms with Gasteiger partial charge in [0, 0.05) is 30.2 Å². The molecule has 2 aromatic rings. The third-order valence-corrected chi connectivity index (χ3v) is 2.54. The van der Waals surface area contributed by atoms with Crippen LogP contribution in [0.5, 0.6) is 0 Å². The van der Waals surface area contributed by atoms with Gasteiger partial charge in [0.15, 0.2) is 0 Å². The fraction of sp³-hybridized carbons (Fsp3) is 0.154. The molecule has 2 heterocycles. The zero-order chi connectivity index (χ0) is 13.7. The zero-order valence-corrected chi connectivity index (χ0v) is 10.6. The maximum Gasteiger partial charge on any atom is 0.251 e. The van der Waals surface area contributed by atoms with Crippen LogP contribution >= 0.6 is 0 Å². The molecule has 6 nitrogen and oxygen atoms in total. The lowest BCUT2D eigenvalue weighted by molar-refractivity contribution is 0.0950. The number of hydrogen-bond donors (Lipinski definition) is 3. The van der Waals surface area contributed by atoms with Gasteiger partial charge in [-0.05, 0) is 30.7 Å². The second kappa shape index (κ2) is 5.92. The molecule has 4 N–H and O–H groups in total. The van der Waals surface area contributed by atoms with Crippen LogP contribution in [0.3, 0.4) is 0 Å². The van der Waals surface area contributed by atoms with Gasteiger partial charge in [-0.1, -0.05) is 6.07 Å². The molecular weight excluding hydrogens is 242 g/mol. The molecular formula is C13H15N5O. The highest BCUT2D eigenvalue weighted by Gasteiger charge is 2.08. The number of hydrogen-bond acceptors (Lipinski definition) is 5. The highest BCUT2D eigenvalue weighted by Crippen LogP contribution is 2.09. The molecule has 0 radical (unpaired) electrons. The Kier molecular flexibility index (Phi) is 4.04. The zero-order valence-electron chi connectivity index (χ0n) is 10.6. The summed E-state index contributed by atoms with van der Waals surface area (Å²) >= 11 is 0. The van der Waals surface area contributed by atoms with E-state index in [0.717, 1.165) is 11.3 Å². The molecule has 98 valence electrons. The molecule has 19 heavy (non-hydrogen) atoms. The Morgan fingerprint density at radius 1 is 1.42 bits per heavy atom. The first-order valence-electron chi connectivity index (χ1n) is 5.81. The lowest BCUT2D eigenvalue weighted by Gasteiger charge is -2.07. The van der Waals surface area contributed by atoms with Crippen molar-refractivity contribution in [3.05, 3.63) is 53.5 Å². The maximum absolute atomic E-state index is 12.0. The van der Waals surface area contributed by atoms with Gasteiger partial charge in [-0.15, -0.1) is 0 Å². The predicted octanol–water partition coefficient (Wildman–Crippen LogP) is 1.00. The van der Waals surface area contributed by atoms with Gasteiger partial charge in [0.05, 0.1) is 0 Å². The molecule has 0 saturated heterocycles. The van der Waals surface area contributed by atoms with Crippen molar-refractivity contribution in [3.63, 3.8) is 0 Å². The molecule has 0 fully saturated rings. The number of aryl methyl sites for hydroxylation is 1. The molecule has 0 bridgehead atoms. The van der Waals surface area contributed by atoms with Crippen LogP contribution < -0.4 is 16.6 Å². The summed E-state index contributed by atoms with van der Waals surface area (Å²) in [5, 5.41) is 2.82. The van der Waals surface area contributed by atoms with E-state index in [2.05, 4.69) is 20.7 Å². The summed E-state index contributed by atoms with van der Waals surface area (Å²) in [6.45, 7) is 2.23. The third kappa shape index (κ3) is 3.49. The molecule has 1 amide bonds. The number of aromatic nitrogens is 2. The summed E-state index contributed by atoms with van der Waals surface area (Å²) < 4.78 is 0. The fourth-order valence-corrected chi connectivity index (χ4v) is 1.66. The molecule has 0 aliphatic carbocycles. The Labute approximate surface area is 111 Å². The van der Waals surface area contributed by atoms with Gasteiger partial charge < -0.3 is 10.7 Å². The number of carbonyl (C=O) groups excluding carboxylic acids is 1. The second-order valence-electron chi connectivity index (χ2n) is 4.07. The van der Waals surface area contributed by atoms with Crippen LogP contribution in [0.4, 0.5) is 5.82 Å². The van der Waals surface area contributed by atoms with Crippen molar-refractivity contribution in [2.24, 2.45) is 5.84 Å². The molecule has 6 heteroatoms. The van der Waals surface area contributed by atoms with Gasteiger partial charge in [-0.3, -0.25) is 9.78 Å². The quantitative estimate of drug-likeness (QED) is 0.561.